The van der Waals surface area contributed by atoms with Gasteiger partial charge in [-0.3, -0.25) is 0 Å². The van der Waals surface area contributed by atoms with Gasteiger partial charge in [0, 0.05) is 24.0 Å². The third kappa shape index (κ3) is 3.17. The average molecular weight is 291 g/mol. The van der Waals surface area contributed by atoms with Crippen molar-refractivity contribution in [3.8, 4) is 0 Å². The van der Waals surface area contributed by atoms with Crippen molar-refractivity contribution in [2.75, 3.05) is 12.3 Å². The molecule has 110 valence electrons. The van der Waals surface area contributed by atoms with Gasteiger partial charge in [0.25, 0.3) is 0 Å². The SMILES string of the molecule is Cc1nc(C2CCCS2)nc(C)c1C(C)CNC1CC1. The Morgan fingerprint density at radius 3 is 2.45 bits per heavy atom. The monoisotopic (exact) mass is 291 g/mol. The molecule has 0 aromatic carbocycles. The zero-order valence-corrected chi connectivity index (χ0v) is 13.6. The topological polar surface area (TPSA) is 37.8 Å². The molecule has 3 nitrogen and oxygen atoms in total. The van der Waals surface area contributed by atoms with Crippen LogP contribution < -0.4 is 5.32 Å². The Balaban J connectivity index is 1.76. The van der Waals surface area contributed by atoms with E-state index in [-0.39, 0.29) is 0 Å². The number of aromatic nitrogens is 2. The smallest absolute Gasteiger partial charge is 0.141 e. The standard InChI is InChI=1S/C16H25N3S/c1-10(9-17-13-6-7-13)15-11(2)18-16(19-12(15)3)14-5-4-8-20-14/h10,13-14,17H,4-9H2,1-3H3. The van der Waals surface area contributed by atoms with Crippen LogP contribution in [0.25, 0.3) is 0 Å². The van der Waals surface area contributed by atoms with E-state index in [2.05, 4.69) is 26.1 Å². The molecule has 1 aromatic heterocycles. The van der Waals surface area contributed by atoms with Gasteiger partial charge in [-0.15, -0.1) is 0 Å². The molecule has 1 aliphatic carbocycles. The Bertz CT molecular complexity index is 456. The summed E-state index contributed by atoms with van der Waals surface area (Å²) in [5.41, 5.74) is 3.72. The minimum atomic E-state index is 0.501. The first kappa shape index (κ1) is 14.3. The number of hydrogen-bond acceptors (Lipinski definition) is 4. The predicted molar refractivity (Wildman–Crippen MR) is 85.4 cm³/mol. The van der Waals surface area contributed by atoms with Crippen LogP contribution in [-0.4, -0.2) is 28.3 Å². The fraction of sp³-hybridized carbons (Fsp3) is 0.750. The lowest BCUT2D eigenvalue weighted by atomic mass is 9.97. The lowest BCUT2D eigenvalue weighted by Gasteiger charge is -2.19. The van der Waals surface area contributed by atoms with Gasteiger partial charge in [0.1, 0.15) is 5.82 Å². The molecule has 20 heavy (non-hydrogen) atoms. The molecule has 2 fully saturated rings. The summed E-state index contributed by atoms with van der Waals surface area (Å²) in [7, 11) is 0. The van der Waals surface area contributed by atoms with E-state index >= 15 is 0 Å². The van der Waals surface area contributed by atoms with E-state index in [1.54, 1.807) is 0 Å². The largest absolute Gasteiger partial charge is 0.313 e. The van der Waals surface area contributed by atoms with E-state index in [0.717, 1.165) is 18.4 Å². The van der Waals surface area contributed by atoms with Gasteiger partial charge in [0.05, 0.1) is 5.25 Å². The molecule has 1 saturated heterocycles. The second-order valence-corrected chi connectivity index (χ2v) is 7.56. The Kier molecular flexibility index (Phi) is 4.32. The van der Waals surface area contributed by atoms with Crippen LogP contribution in [0.15, 0.2) is 0 Å². The molecule has 0 spiro atoms. The Hall–Kier alpha value is -0.610. The van der Waals surface area contributed by atoms with Crippen LogP contribution >= 0.6 is 11.8 Å². The summed E-state index contributed by atoms with van der Waals surface area (Å²) in [6.45, 7) is 7.65. The highest BCUT2D eigenvalue weighted by molar-refractivity contribution is 7.99. The normalized spacial score (nSPS) is 24.1. The fourth-order valence-electron chi connectivity index (χ4n) is 3.12. The third-order valence-electron chi connectivity index (χ3n) is 4.34. The van der Waals surface area contributed by atoms with E-state index in [0.29, 0.717) is 11.2 Å². The van der Waals surface area contributed by atoms with Gasteiger partial charge in [-0.2, -0.15) is 11.8 Å². The van der Waals surface area contributed by atoms with Crippen molar-refractivity contribution in [3.63, 3.8) is 0 Å². The molecule has 2 atom stereocenters. The van der Waals surface area contributed by atoms with Crippen molar-refractivity contribution < 1.29 is 0 Å². The molecular formula is C16H25N3S. The van der Waals surface area contributed by atoms with Crippen LogP contribution in [-0.2, 0) is 0 Å². The molecule has 0 amide bonds. The average Bonchev–Trinajstić information content (AvgIpc) is 3.07. The Morgan fingerprint density at radius 1 is 1.20 bits per heavy atom. The highest BCUT2D eigenvalue weighted by Gasteiger charge is 2.25. The first-order chi connectivity index (χ1) is 9.65. The summed E-state index contributed by atoms with van der Waals surface area (Å²) in [4.78, 5) is 9.64. The molecule has 4 heteroatoms. The van der Waals surface area contributed by atoms with Gasteiger partial charge in [-0.1, -0.05) is 6.92 Å². The quantitative estimate of drug-likeness (QED) is 0.901. The second kappa shape index (κ2) is 6.02. The van der Waals surface area contributed by atoms with Crippen LogP contribution in [0.2, 0.25) is 0 Å². The van der Waals surface area contributed by atoms with Gasteiger partial charge in [0.15, 0.2) is 0 Å². The fourth-order valence-corrected chi connectivity index (χ4v) is 4.33. The van der Waals surface area contributed by atoms with E-state index in [1.807, 2.05) is 11.8 Å². The zero-order valence-electron chi connectivity index (χ0n) is 12.8. The van der Waals surface area contributed by atoms with Crippen molar-refractivity contribution in [2.45, 2.75) is 63.7 Å². The number of nitrogens with zero attached hydrogens (tertiary/aromatic N) is 2. The number of nitrogens with one attached hydrogen (secondary N) is 1. The molecule has 1 N–H and O–H groups in total. The lowest BCUT2D eigenvalue weighted by Crippen LogP contribution is -2.23. The van der Waals surface area contributed by atoms with Crippen LogP contribution in [0.4, 0.5) is 0 Å². The molecule has 1 saturated carbocycles. The summed E-state index contributed by atoms with van der Waals surface area (Å²) in [6.07, 6.45) is 5.24. The van der Waals surface area contributed by atoms with Crippen molar-refractivity contribution in [1.82, 2.24) is 15.3 Å². The maximum Gasteiger partial charge on any atom is 0.141 e. The molecular weight excluding hydrogens is 266 g/mol. The first-order valence-corrected chi connectivity index (χ1v) is 8.90. The molecule has 1 aliphatic heterocycles. The summed E-state index contributed by atoms with van der Waals surface area (Å²) in [6, 6.07) is 0.771. The first-order valence-electron chi connectivity index (χ1n) is 7.85. The van der Waals surface area contributed by atoms with Crippen molar-refractivity contribution in [3.05, 3.63) is 22.8 Å². The maximum atomic E-state index is 4.82. The summed E-state index contributed by atoms with van der Waals surface area (Å²) >= 11 is 2.01. The van der Waals surface area contributed by atoms with Crippen LogP contribution in [0.5, 0.6) is 0 Å². The Morgan fingerprint density at radius 2 is 1.90 bits per heavy atom. The highest BCUT2D eigenvalue weighted by Crippen LogP contribution is 2.38. The summed E-state index contributed by atoms with van der Waals surface area (Å²) in [5.74, 6) is 2.82. The second-order valence-electron chi connectivity index (χ2n) is 6.25. The van der Waals surface area contributed by atoms with Crippen molar-refractivity contribution in [1.29, 1.82) is 0 Å². The van der Waals surface area contributed by atoms with Crippen LogP contribution in [0.1, 0.15) is 66.6 Å². The van der Waals surface area contributed by atoms with E-state index < -0.39 is 0 Å². The maximum absolute atomic E-state index is 4.82. The minimum Gasteiger partial charge on any atom is -0.313 e. The number of hydrogen-bond donors (Lipinski definition) is 1. The van der Waals surface area contributed by atoms with Crippen molar-refractivity contribution >= 4 is 11.8 Å². The van der Waals surface area contributed by atoms with E-state index in [4.69, 9.17) is 9.97 Å². The molecule has 0 bridgehead atoms. The highest BCUT2D eigenvalue weighted by atomic mass is 32.2. The van der Waals surface area contributed by atoms with Gasteiger partial charge < -0.3 is 5.32 Å². The molecule has 2 heterocycles. The van der Waals surface area contributed by atoms with Crippen LogP contribution in [0.3, 0.4) is 0 Å². The van der Waals surface area contributed by atoms with Crippen LogP contribution in [0, 0.1) is 13.8 Å². The lowest BCUT2D eigenvalue weighted by molar-refractivity contribution is 0.600. The van der Waals surface area contributed by atoms with Gasteiger partial charge in [0.2, 0.25) is 0 Å². The predicted octanol–water partition coefficient (Wildman–Crippen LogP) is 3.52. The summed E-state index contributed by atoms with van der Waals surface area (Å²) < 4.78 is 0. The number of aryl methyl sites for hydroxylation is 2. The molecule has 0 radical (unpaired) electrons. The zero-order chi connectivity index (χ0) is 14.1. The summed E-state index contributed by atoms with van der Waals surface area (Å²) in [5, 5.41) is 4.15. The minimum absolute atomic E-state index is 0.501. The third-order valence-corrected chi connectivity index (χ3v) is 5.72. The Labute approximate surface area is 126 Å². The molecule has 2 aliphatic rings. The number of rotatable bonds is 5. The molecule has 1 aromatic rings. The van der Waals surface area contributed by atoms with E-state index in [9.17, 15) is 0 Å². The van der Waals surface area contributed by atoms with Gasteiger partial charge >= 0.3 is 0 Å². The van der Waals surface area contributed by atoms with Gasteiger partial charge in [-0.05, 0) is 56.8 Å². The number of thioether (sulfide) groups is 1. The molecule has 3 rings (SSSR count). The van der Waals surface area contributed by atoms with Gasteiger partial charge in [-0.25, -0.2) is 9.97 Å². The molecule has 2 unspecified atom stereocenters. The van der Waals surface area contributed by atoms with Crippen molar-refractivity contribution in [2.24, 2.45) is 0 Å². The van der Waals surface area contributed by atoms with E-state index in [1.165, 1.54) is 48.4 Å².